The average Bonchev–Trinajstić information content (AvgIpc) is 2.28. The van der Waals surface area contributed by atoms with E-state index in [1.807, 2.05) is 0 Å². The minimum absolute atomic E-state index is 0.631. The zero-order chi connectivity index (χ0) is 14.4. The van der Waals surface area contributed by atoms with Crippen molar-refractivity contribution >= 4 is 0 Å². The number of hydrogen-bond acceptors (Lipinski definition) is 3. The first kappa shape index (κ1) is 16.0. The van der Waals surface area contributed by atoms with Crippen LogP contribution in [0.3, 0.4) is 0 Å². The van der Waals surface area contributed by atoms with E-state index >= 15 is 0 Å². The molecule has 0 aliphatic carbocycles. The molecular formula is C16H28N2O. The van der Waals surface area contributed by atoms with Gasteiger partial charge in [0.15, 0.2) is 0 Å². The highest BCUT2D eigenvalue weighted by Crippen LogP contribution is 2.26. The van der Waals surface area contributed by atoms with E-state index < -0.39 is 0 Å². The number of aryl methyl sites for hydroxylation is 2. The Hall–Kier alpha value is -1.06. The zero-order valence-electron chi connectivity index (χ0n) is 13.0. The summed E-state index contributed by atoms with van der Waals surface area (Å²) in [4.78, 5) is 2.34. The van der Waals surface area contributed by atoms with E-state index in [-0.39, 0.29) is 0 Å². The van der Waals surface area contributed by atoms with E-state index in [9.17, 15) is 0 Å². The molecular weight excluding hydrogens is 236 g/mol. The number of benzene rings is 1. The summed E-state index contributed by atoms with van der Waals surface area (Å²) in [5.41, 5.74) is 9.37. The van der Waals surface area contributed by atoms with Crippen LogP contribution >= 0.6 is 0 Å². The fraction of sp³-hybridized carbons (Fsp3) is 0.625. The first-order valence-corrected chi connectivity index (χ1v) is 7.00. The largest absolute Gasteiger partial charge is 0.496 e. The van der Waals surface area contributed by atoms with E-state index in [4.69, 9.17) is 10.5 Å². The monoisotopic (exact) mass is 264 g/mol. The van der Waals surface area contributed by atoms with Crippen molar-refractivity contribution in [3.05, 3.63) is 28.8 Å². The molecule has 0 aliphatic rings. The summed E-state index contributed by atoms with van der Waals surface area (Å²) in [5, 5.41) is 0. The molecule has 1 aromatic rings. The van der Waals surface area contributed by atoms with E-state index in [0.29, 0.717) is 5.92 Å². The van der Waals surface area contributed by atoms with Crippen LogP contribution in [-0.4, -0.2) is 32.1 Å². The SMILES string of the molecule is COc1c(C)cc(C)cc1CN(C)CC(C)CCN. The van der Waals surface area contributed by atoms with Crippen molar-refractivity contribution in [2.75, 3.05) is 27.2 Å². The number of rotatable bonds is 7. The van der Waals surface area contributed by atoms with Crippen LogP contribution in [0.15, 0.2) is 12.1 Å². The highest BCUT2D eigenvalue weighted by atomic mass is 16.5. The Morgan fingerprint density at radius 2 is 2.00 bits per heavy atom. The standard InChI is InChI=1S/C16H28N2O/c1-12(6-7-17)10-18(4)11-15-9-13(2)8-14(3)16(15)19-5/h8-9,12H,6-7,10-11,17H2,1-5H3. The molecule has 19 heavy (non-hydrogen) atoms. The summed E-state index contributed by atoms with van der Waals surface area (Å²) in [7, 11) is 3.91. The molecule has 1 unspecified atom stereocenters. The van der Waals surface area contributed by atoms with Crippen LogP contribution in [0.2, 0.25) is 0 Å². The van der Waals surface area contributed by atoms with Gasteiger partial charge in [0.1, 0.15) is 5.75 Å². The predicted molar refractivity (Wildman–Crippen MR) is 81.6 cm³/mol. The molecule has 1 atom stereocenters. The number of nitrogens with zero attached hydrogens (tertiary/aromatic N) is 1. The third-order valence-corrected chi connectivity index (χ3v) is 3.42. The Morgan fingerprint density at radius 1 is 1.32 bits per heavy atom. The third-order valence-electron chi connectivity index (χ3n) is 3.42. The summed E-state index contributed by atoms with van der Waals surface area (Å²) in [6.45, 7) is 9.23. The van der Waals surface area contributed by atoms with Crippen LogP contribution in [0.1, 0.15) is 30.0 Å². The van der Waals surface area contributed by atoms with Gasteiger partial charge in [0, 0.05) is 18.7 Å². The van der Waals surface area contributed by atoms with E-state index in [2.05, 4.69) is 44.9 Å². The Kier molecular flexibility index (Phi) is 6.32. The molecule has 0 amide bonds. The van der Waals surface area contributed by atoms with E-state index in [1.165, 1.54) is 16.7 Å². The van der Waals surface area contributed by atoms with Gasteiger partial charge in [-0.1, -0.05) is 24.6 Å². The number of ether oxygens (including phenoxy) is 1. The van der Waals surface area contributed by atoms with Crippen LogP contribution in [0.5, 0.6) is 5.75 Å². The molecule has 0 heterocycles. The summed E-state index contributed by atoms with van der Waals surface area (Å²) in [6.07, 6.45) is 1.08. The molecule has 3 heteroatoms. The second-order valence-corrected chi connectivity index (χ2v) is 5.65. The van der Waals surface area contributed by atoms with Gasteiger partial charge in [0.05, 0.1) is 7.11 Å². The van der Waals surface area contributed by atoms with Gasteiger partial charge in [-0.05, 0) is 45.3 Å². The Labute approximate surface area is 117 Å². The van der Waals surface area contributed by atoms with Gasteiger partial charge in [-0.3, -0.25) is 0 Å². The van der Waals surface area contributed by atoms with Crippen LogP contribution in [-0.2, 0) is 6.54 Å². The predicted octanol–water partition coefficient (Wildman–Crippen LogP) is 2.73. The molecule has 0 saturated heterocycles. The Balaban J connectivity index is 2.75. The summed E-state index contributed by atoms with van der Waals surface area (Å²) in [6, 6.07) is 4.38. The van der Waals surface area contributed by atoms with Gasteiger partial charge in [-0.2, -0.15) is 0 Å². The van der Waals surface area contributed by atoms with Gasteiger partial charge in [0.25, 0.3) is 0 Å². The lowest BCUT2D eigenvalue weighted by molar-refractivity contribution is 0.268. The number of hydrogen-bond donors (Lipinski definition) is 1. The van der Waals surface area contributed by atoms with Crippen LogP contribution in [0.4, 0.5) is 0 Å². The lowest BCUT2D eigenvalue weighted by Gasteiger charge is -2.23. The highest BCUT2D eigenvalue weighted by Gasteiger charge is 2.11. The molecule has 3 nitrogen and oxygen atoms in total. The van der Waals surface area contributed by atoms with Crippen molar-refractivity contribution in [3.63, 3.8) is 0 Å². The topological polar surface area (TPSA) is 38.5 Å². The molecule has 0 radical (unpaired) electrons. The molecule has 2 N–H and O–H groups in total. The minimum atomic E-state index is 0.631. The molecule has 0 bridgehead atoms. The molecule has 1 aromatic carbocycles. The van der Waals surface area contributed by atoms with Crippen molar-refractivity contribution in [3.8, 4) is 5.75 Å². The fourth-order valence-electron chi connectivity index (χ4n) is 2.72. The van der Waals surface area contributed by atoms with Crippen molar-refractivity contribution in [2.45, 2.75) is 33.7 Å². The van der Waals surface area contributed by atoms with E-state index in [1.54, 1.807) is 7.11 Å². The number of nitrogens with two attached hydrogens (primary N) is 1. The summed E-state index contributed by atoms with van der Waals surface area (Å²) in [5.74, 6) is 1.65. The third kappa shape index (κ3) is 4.84. The lowest BCUT2D eigenvalue weighted by Crippen LogP contribution is -2.25. The van der Waals surface area contributed by atoms with Crippen molar-refractivity contribution in [1.29, 1.82) is 0 Å². The first-order chi connectivity index (χ1) is 8.97. The van der Waals surface area contributed by atoms with Gasteiger partial charge in [0.2, 0.25) is 0 Å². The lowest BCUT2D eigenvalue weighted by atomic mass is 10.0. The zero-order valence-corrected chi connectivity index (χ0v) is 13.0. The van der Waals surface area contributed by atoms with Gasteiger partial charge in [-0.25, -0.2) is 0 Å². The van der Waals surface area contributed by atoms with Crippen LogP contribution in [0, 0.1) is 19.8 Å². The van der Waals surface area contributed by atoms with Gasteiger partial charge in [-0.15, -0.1) is 0 Å². The van der Waals surface area contributed by atoms with Crippen molar-refractivity contribution in [2.24, 2.45) is 11.7 Å². The smallest absolute Gasteiger partial charge is 0.126 e. The maximum atomic E-state index is 5.60. The molecule has 0 aliphatic heterocycles. The van der Waals surface area contributed by atoms with E-state index in [0.717, 1.165) is 31.8 Å². The van der Waals surface area contributed by atoms with Crippen LogP contribution in [0.25, 0.3) is 0 Å². The molecule has 0 spiro atoms. The maximum absolute atomic E-state index is 5.60. The highest BCUT2D eigenvalue weighted by molar-refractivity contribution is 5.43. The van der Waals surface area contributed by atoms with Crippen LogP contribution < -0.4 is 10.5 Å². The number of methoxy groups -OCH3 is 1. The molecule has 108 valence electrons. The molecule has 0 saturated carbocycles. The second-order valence-electron chi connectivity index (χ2n) is 5.65. The molecule has 1 rings (SSSR count). The quantitative estimate of drug-likeness (QED) is 0.823. The first-order valence-electron chi connectivity index (χ1n) is 7.00. The Bertz CT molecular complexity index is 404. The Morgan fingerprint density at radius 3 is 2.58 bits per heavy atom. The summed E-state index contributed by atoms with van der Waals surface area (Å²) >= 11 is 0. The van der Waals surface area contributed by atoms with Crippen molar-refractivity contribution in [1.82, 2.24) is 4.90 Å². The minimum Gasteiger partial charge on any atom is -0.496 e. The molecule has 0 fully saturated rings. The average molecular weight is 264 g/mol. The summed E-state index contributed by atoms with van der Waals surface area (Å²) < 4.78 is 5.54. The van der Waals surface area contributed by atoms with Gasteiger partial charge >= 0.3 is 0 Å². The molecule has 0 aromatic heterocycles. The maximum Gasteiger partial charge on any atom is 0.126 e. The normalized spacial score (nSPS) is 12.8. The second kappa shape index (κ2) is 7.51. The van der Waals surface area contributed by atoms with Crippen molar-refractivity contribution < 1.29 is 4.74 Å². The fourth-order valence-corrected chi connectivity index (χ4v) is 2.72. The van der Waals surface area contributed by atoms with Gasteiger partial charge < -0.3 is 15.4 Å².